The van der Waals surface area contributed by atoms with Gasteiger partial charge < -0.3 is 11.1 Å². The monoisotopic (exact) mass is 358 g/mol. The van der Waals surface area contributed by atoms with Gasteiger partial charge in [-0.25, -0.2) is 9.97 Å². The molecule has 2 aromatic carbocycles. The van der Waals surface area contributed by atoms with Gasteiger partial charge >= 0.3 is 0 Å². The standard InChI is InChI=1S/C22H22N4O/c1-14-22(26-20(27)12-7-15-5-3-2-4-6-15)25-19-11-8-16-13-17(23)9-10-18(16)21(19)24-14/h2-6,9-10,13H,7-8,11-12,23H2,1H3,(H,25,26,27). The summed E-state index contributed by atoms with van der Waals surface area (Å²) in [5.74, 6) is 0.519. The van der Waals surface area contributed by atoms with Gasteiger partial charge in [0.05, 0.1) is 17.1 Å². The average Bonchev–Trinajstić information content (AvgIpc) is 2.67. The van der Waals surface area contributed by atoms with Crippen LogP contribution in [0.4, 0.5) is 11.5 Å². The Morgan fingerprint density at radius 2 is 1.93 bits per heavy atom. The summed E-state index contributed by atoms with van der Waals surface area (Å²) in [6, 6.07) is 15.9. The predicted octanol–water partition coefficient (Wildman–Crippen LogP) is 3.70. The maximum atomic E-state index is 12.3. The molecule has 1 amide bonds. The molecule has 1 aliphatic rings. The zero-order chi connectivity index (χ0) is 18.8. The molecule has 0 unspecified atom stereocenters. The Bertz CT molecular complexity index is 999. The van der Waals surface area contributed by atoms with Crippen LogP contribution in [-0.2, 0) is 24.1 Å². The Balaban J connectivity index is 1.52. The van der Waals surface area contributed by atoms with Gasteiger partial charge in [-0.1, -0.05) is 36.4 Å². The fourth-order valence-electron chi connectivity index (χ4n) is 3.46. The van der Waals surface area contributed by atoms with Gasteiger partial charge in [0.25, 0.3) is 0 Å². The van der Waals surface area contributed by atoms with E-state index in [-0.39, 0.29) is 5.91 Å². The van der Waals surface area contributed by atoms with Crippen LogP contribution >= 0.6 is 0 Å². The van der Waals surface area contributed by atoms with Crippen LogP contribution in [0.5, 0.6) is 0 Å². The molecule has 5 heteroatoms. The Morgan fingerprint density at radius 1 is 1.11 bits per heavy atom. The van der Waals surface area contributed by atoms with Crippen molar-refractivity contribution in [2.75, 3.05) is 11.1 Å². The van der Waals surface area contributed by atoms with Gasteiger partial charge in [0.1, 0.15) is 0 Å². The van der Waals surface area contributed by atoms with E-state index >= 15 is 0 Å². The van der Waals surface area contributed by atoms with Gasteiger partial charge in [0, 0.05) is 17.7 Å². The highest BCUT2D eigenvalue weighted by Crippen LogP contribution is 2.33. The lowest BCUT2D eigenvalue weighted by atomic mass is 9.91. The van der Waals surface area contributed by atoms with Crippen molar-refractivity contribution in [3.63, 3.8) is 0 Å². The number of nitrogens with two attached hydrogens (primary N) is 1. The number of nitrogen functional groups attached to an aromatic ring is 1. The van der Waals surface area contributed by atoms with Crippen molar-refractivity contribution in [3.8, 4) is 11.3 Å². The van der Waals surface area contributed by atoms with Crippen LogP contribution in [0, 0.1) is 6.92 Å². The molecular weight excluding hydrogens is 336 g/mol. The normalized spacial score (nSPS) is 12.2. The molecule has 1 aliphatic carbocycles. The second-order valence-corrected chi connectivity index (χ2v) is 6.90. The second kappa shape index (κ2) is 7.19. The van der Waals surface area contributed by atoms with E-state index in [1.807, 2.05) is 55.5 Å². The van der Waals surface area contributed by atoms with Crippen molar-refractivity contribution in [2.45, 2.75) is 32.6 Å². The summed E-state index contributed by atoms with van der Waals surface area (Å²) in [5.41, 5.74) is 12.7. The van der Waals surface area contributed by atoms with Gasteiger partial charge in [0.2, 0.25) is 5.91 Å². The number of rotatable bonds is 4. The summed E-state index contributed by atoms with van der Waals surface area (Å²) in [7, 11) is 0. The van der Waals surface area contributed by atoms with E-state index in [1.165, 1.54) is 5.56 Å². The van der Waals surface area contributed by atoms with E-state index < -0.39 is 0 Å². The van der Waals surface area contributed by atoms with E-state index in [2.05, 4.69) is 5.32 Å². The van der Waals surface area contributed by atoms with Gasteiger partial charge in [0.15, 0.2) is 5.82 Å². The van der Waals surface area contributed by atoms with Gasteiger partial charge in [-0.2, -0.15) is 0 Å². The molecule has 1 heterocycles. The number of anilines is 2. The molecule has 3 aromatic rings. The zero-order valence-electron chi connectivity index (χ0n) is 15.3. The van der Waals surface area contributed by atoms with Crippen LogP contribution in [-0.4, -0.2) is 15.9 Å². The summed E-state index contributed by atoms with van der Waals surface area (Å²) < 4.78 is 0. The first-order chi connectivity index (χ1) is 13.1. The smallest absolute Gasteiger partial charge is 0.225 e. The number of amides is 1. The van der Waals surface area contributed by atoms with Crippen molar-refractivity contribution in [1.82, 2.24) is 9.97 Å². The van der Waals surface area contributed by atoms with Gasteiger partial charge in [-0.15, -0.1) is 0 Å². The SMILES string of the molecule is Cc1nc2c(nc1NC(=O)CCc1ccccc1)CCc1cc(N)ccc1-2. The van der Waals surface area contributed by atoms with Crippen LogP contribution < -0.4 is 11.1 Å². The third-order valence-electron chi connectivity index (χ3n) is 4.90. The van der Waals surface area contributed by atoms with Crippen LogP contribution in [0.15, 0.2) is 48.5 Å². The van der Waals surface area contributed by atoms with Crippen molar-refractivity contribution in [2.24, 2.45) is 0 Å². The number of aryl methyl sites for hydroxylation is 4. The molecule has 136 valence electrons. The lowest BCUT2D eigenvalue weighted by Gasteiger charge is -2.20. The van der Waals surface area contributed by atoms with Crippen LogP contribution in [0.25, 0.3) is 11.3 Å². The number of aromatic nitrogens is 2. The molecule has 0 radical (unpaired) electrons. The van der Waals surface area contributed by atoms with Crippen LogP contribution in [0.2, 0.25) is 0 Å². The first kappa shape index (κ1) is 17.2. The molecular formula is C22H22N4O. The number of benzene rings is 2. The third-order valence-corrected chi connectivity index (χ3v) is 4.90. The number of carbonyl (C=O) groups excluding carboxylic acids is 1. The molecule has 0 spiro atoms. The van der Waals surface area contributed by atoms with Crippen molar-refractivity contribution >= 4 is 17.4 Å². The number of fused-ring (bicyclic) bond motifs is 3. The molecule has 4 rings (SSSR count). The molecule has 5 nitrogen and oxygen atoms in total. The summed E-state index contributed by atoms with van der Waals surface area (Å²) >= 11 is 0. The van der Waals surface area contributed by atoms with E-state index in [9.17, 15) is 4.79 Å². The Hall–Kier alpha value is -3.21. The minimum atomic E-state index is -0.0415. The van der Waals surface area contributed by atoms with Crippen LogP contribution in [0.3, 0.4) is 0 Å². The van der Waals surface area contributed by atoms with Crippen molar-refractivity contribution in [1.29, 1.82) is 0 Å². The summed E-state index contributed by atoms with van der Waals surface area (Å²) in [6.45, 7) is 1.88. The summed E-state index contributed by atoms with van der Waals surface area (Å²) in [6.07, 6.45) is 2.81. The number of nitrogens with zero attached hydrogens (tertiary/aromatic N) is 2. The molecule has 0 aliphatic heterocycles. The Labute approximate surface area is 158 Å². The second-order valence-electron chi connectivity index (χ2n) is 6.90. The van der Waals surface area contributed by atoms with Crippen molar-refractivity contribution < 1.29 is 4.79 Å². The topological polar surface area (TPSA) is 80.9 Å². The fourth-order valence-corrected chi connectivity index (χ4v) is 3.46. The molecule has 0 saturated carbocycles. The number of carbonyl (C=O) groups is 1. The largest absolute Gasteiger partial charge is 0.399 e. The minimum Gasteiger partial charge on any atom is -0.399 e. The van der Waals surface area contributed by atoms with Crippen LogP contribution in [0.1, 0.15) is 28.9 Å². The average molecular weight is 358 g/mol. The first-order valence-corrected chi connectivity index (χ1v) is 9.20. The zero-order valence-corrected chi connectivity index (χ0v) is 15.3. The highest BCUT2D eigenvalue weighted by Gasteiger charge is 2.21. The molecule has 0 bridgehead atoms. The summed E-state index contributed by atoms with van der Waals surface area (Å²) in [4.78, 5) is 21.8. The maximum Gasteiger partial charge on any atom is 0.225 e. The lowest BCUT2D eigenvalue weighted by Crippen LogP contribution is -2.17. The van der Waals surface area contributed by atoms with E-state index in [0.717, 1.165) is 46.7 Å². The van der Waals surface area contributed by atoms with E-state index in [1.54, 1.807) is 0 Å². The number of hydrogen-bond acceptors (Lipinski definition) is 4. The third kappa shape index (κ3) is 3.67. The highest BCUT2D eigenvalue weighted by molar-refractivity contribution is 5.90. The number of nitrogens with one attached hydrogen (secondary N) is 1. The summed E-state index contributed by atoms with van der Waals surface area (Å²) in [5, 5.41) is 2.93. The highest BCUT2D eigenvalue weighted by atomic mass is 16.1. The van der Waals surface area contributed by atoms with Crippen molar-refractivity contribution in [3.05, 3.63) is 71.0 Å². The Morgan fingerprint density at radius 3 is 2.74 bits per heavy atom. The van der Waals surface area contributed by atoms with E-state index in [4.69, 9.17) is 15.7 Å². The molecule has 0 atom stereocenters. The van der Waals surface area contributed by atoms with Gasteiger partial charge in [-0.3, -0.25) is 4.79 Å². The minimum absolute atomic E-state index is 0.0415. The Kier molecular flexibility index (Phi) is 4.59. The van der Waals surface area contributed by atoms with E-state index in [0.29, 0.717) is 18.7 Å². The predicted molar refractivity (Wildman–Crippen MR) is 107 cm³/mol. The fraction of sp³-hybridized carbons (Fsp3) is 0.227. The first-order valence-electron chi connectivity index (χ1n) is 9.20. The van der Waals surface area contributed by atoms with Gasteiger partial charge in [-0.05, 0) is 49.4 Å². The maximum absolute atomic E-state index is 12.3. The number of hydrogen-bond donors (Lipinski definition) is 2. The molecule has 1 aromatic heterocycles. The molecule has 0 saturated heterocycles. The molecule has 27 heavy (non-hydrogen) atoms. The lowest BCUT2D eigenvalue weighted by molar-refractivity contribution is -0.116. The quantitative estimate of drug-likeness (QED) is 0.697. The molecule has 0 fully saturated rings. The molecule has 3 N–H and O–H groups in total.